The van der Waals surface area contributed by atoms with E-state index in [1.54, 1.807) is 17.9 Å². The average molecular weight is 463 g/mol. The number of hydrogen-bond acceptors (Lipinski definition) is 6. The van der Waals surface area contributed by atoms with Gasteiger partial charge in [-0.15, -0.1) is 0 Å². The van der Waals surface area contributed by atoms with Crippen LogP contribution in [0, 0.1) is 12.7 Å². The molecule has 1 fully saturated rings. The number of nitrogens with zero attached hydrogens (tertiary/aromatic N) is 4. The normalized spacial score (nSPS) is 18.2. The molecule has 1 N–H and O–H groups in total. The van der Waals surface area contributed by atoms with Crippen LogP contribution in [0.3, 0.4) is 0 Å². The number of aromatic nitrogens is 3. The van der Waals surface area contributed by atoms with Crippen LogP contribution in [0.4, 0.5) is 23.7 Å². The van der Waals surface area contributed by atoms with Crippen molar-refractivity contribution in [3.05, 3.63) is 64.4 Å². The van der Waals surface area contributed by atoms with E-state index < -0.39 is 23.6 Å². The fourth-order valence-corrected chi connectivity index (χ4v) is 4.57. The number of alkyl halides is 2. The number of pyridine rings is 1. The van der Waals surface area contributed by atoms with E-state index >= 15 is 0 Å². The summed E-state index contributed by atoms with van der Waals surface area (Å²) in [5.41, 5.74) is 0.129. The fourth-order valence-electron chi connectivity index (χ4n) is 3.82. The Morgan fingerprint density at radius 3 is 2.78 bits per heavy atom. The average Bonchev–Trinajstić information content (AvgIpc) is 3.46. The lowest BCUT2D eigenvalue weighted by Crippen LogP contribution is -2.37. The summed E-state index contributed by atoms with van der Waals surface area (Å²) in [7, 11) is 1.36. The van der Waals surface area contributed by atoms with Crippen LogP contribution >= 0.6 is 11.5 Å². The molecule has 1 atom stereocenters. The third kappa shape index (κ3) is 3.99. The number of nitrogens with one attached hydrogen (secondary N) is 1. The molecule has 2 amide bonds. The highest BCUT2D eigenvalue weighted by atomic mass is 32.1. The van der Waals surface area contributed by atoms with E-state index in [-0.39, 0.29) is 23.8 Å². The maximum absolute atomic E-state index is 14.4. The minimum Gasteiger partial charge on any atom is -0.493 e. The van der Waals surface area contributed by atoms with Crippen LogP contribution in [-0.2, 0) is 5.41 Å². The van der Waals surface area contributed by atoms with Gasteiger partial charge in [0, 0.05) is 13.1 Å². The predicted octanol–water partition coefficient (Wildman–Crippen LogP) is 4.55. The second kappa shape index (κ2) is 8.73. The number of hydrogen-bond donors (Lipinski definition) is 1. The van der Waals surface area contributed by atoms with Gasteiger partial charge < -0.3 is 15.0 Å². The van der Waals surface area contributed by atoms with E-state index in [4.69, 9.17) is 4.74 Å². The molecule has 4 rings (SSSR count). The minimum absolute atomic E-state index is 0.0950. The lowest BCUT2D eigenvalue weighted by atomic mass is 9.80. The van der Waals surface area contributed by atoms with E-state index in [1.807, 2.05) is 6.07 Å². The van der Waals surface area contributed by atoms with E-state index in [0.29, 0.717) is 29.1 Å². The first-order chi connectivity index (χ1) is 15.3. The van der Waals surface area contributed by atoms with Crippen LogP contribution < -0.4 is 10.1 Å². The highest BCUT2D eigenvalue weighted by Gasteiger charge is 2.45. The molecule has 1 aliphatic heterocycles. The lowest BCUT2D eigenvalue weighted by molar-refractivity contribution is 0.146. The quantitative estimate of drug-likeness (QED) is 0.601. The highest BCUT2D eigenvalue weighted by Crippen LogP contribution is 2.42. The van der Waals surface area contributed by atoms with Crippen LogP contribution in [0.15, 0.2) is 36.8 Å². The molecule has 0 saturated carbocycles. The third-order valence-electron chi connectivity index (χ3n) is 5.63. The van der Waals surface area contributed by atoms with Crippen molar-refractivity contribution in [1.29, 1.82) is 0 Å². The zero-order valence-electron chi connectivity index (χ0n) is 17.3. The van der Waals surface area contributed by atoms with Gasteiger partial charge in [-0.2, -0.15) is 4.37 Å². The molecule has 1 aromatic carbocycles. The summed E-state index contributed by atoms with van der Waals surface area (Å²) in [4.78, 5) is 22.5. The summed E-state index contributed by atoms with van der Waals surface area (Å²) >= 11 is 1.20. The SMILES string of the molecule is COc1cnc(C(F)F)cc1NC(=O)N1CCC(c2ccc(C)c(F)c2)(c2ncns2)C1. The number of anilines is 1. The third-order valence-corrected chi connectivity index (χ3v) is 6.49. The second-order valence-corrected chi connectivity index (χ2v) is 8.28. The Bertz CT molecular complexity index is 1130. The van der Waals surface area contributed by atoms with E-state index in [1.165, 1.54) is 31.0 Å². The van der Waals surface area contributed by atoms with Gasteiger partial charge in [-0.3, -0.25) is 4.98 Å². The van der Waals surface area contributed by atoms with E-state index in [2.05, 4.69) is 19.7 Å². The van der Waals surface area contributed by atoms with Crippen LogP contribution in [0.5, 0.6) is 5.75 Å². The van der Waals surface area contributed by atoms with Crippen LogP contribution in [-0.4, -0.2) is 45.5 Å². The summed E-state index contributed by atoms with van der Waals surface area (Å²) in [5.74, 6) is -0.173. The monoisotopic (exact) mass is 463 g/mol. The first-order valence-corrected chi connectivity index (χ1v) is 10.5. The van der Waals surface area contributed by atoms with Gasteiger partial charge in [0.25, 0.3) is 6.43 Å². The molecular formula is C21H20F3N5O2S. The Morgan fingerprint density at radius 1 is 1.31 bits per heavy atom. The molecule has 0 radical (unpaired) electrons. The van der Waals surface area contributed by atoms with Crippen LogP contribution in [0.2, 0.25) is 0 Å². The first-order valence-electron chi connectivity index (χ1n) is 9.76. The smallest absolute Gasteiger partial charge is 0.321 e. The van der Waals surface area contributed by atoms with E-state index in [9.17, 15) is 18.0 Å². The van der Waals surface area contributed by atoms with Gasteiger partial charge in [-0.25, -0.2) is 22.9 Å². The highest BCUT2D eigenvalue weighted by molar-refractivity contribution is 7.05. The molecule has 168 valence electrons. The minimum atomic E-state index is -2.79. The lowest BCUT2D eigenvalue weighted by Gasteiger charge is -2.28. The molecule has 1 aliphatic rings. The molecule has 32 heavy (non-hydrogen) atoms. The molecule has 2 aromatic heterocycles. The number of carbonyl (C=O) groups excluding carboxylic acids is 1. The Balaban J connectivity index is 1.62. The summed E-state index contributed by atoms with van der Waals surface area (Å²) < 4.78 is 49.7. The number of methoxy groups -OCH3 is 1. The molecule has 1 unspecified atom stereocenters. The van der Waals surface area contributed by atoms with Crippen molar-refractivity contribution in [2.24, 2.45) is 0 Å². The van der Waals surface area contributed by atoms with Crippen molar-refractivity contribution in [2.45, 2.75) is 25.2 Å². The molecule has 0 aliphatic carbocycles. The van der Waals surface area contributed by atoms with Gasteiger partial charge in [-0.1, -0.05) is 12.1 Å². The maximum atomic E-state index is 14.4. The second-order valence-electron chi connectivity index (χ2n) is 7.50. The summed E-state index contributed by atoms with van der Waals surface area (Å²) in [6.07, 6.45) is 0.294. The number of ether oxygens (including phenoxy) is 1. The molecule has 3 heterocycles. The Hall–Kier alpha value is -3.21. The summed E-state index contributed by atoms with van der Waals surface area (Å²) in [6.45, 7) is 2.27. The predicted molar refractivity (Wildman–Crippen MR) is 113 cm³/mol. The largest absolute Gasteiger partial charge is 0.493 e. The molecule has 7 nitrogen and oxygen atoms in total. The van der Waals surface area contributed by atoms with Gasteiger partial charge in [0.2, 0.25) is 0 Å². The maximum Gasteiger partial charge on any atom is 0.321 e. The number of benzene rings is 1. The standard InChI is InChI=1S/C21H20F3N5O2S/c1-12-3-4-13(7-14(12)22)21(19-26-11-27-32-19)5-6-29(10-21)20(30)28-15-8-16(18(23)24)25-9-17(15)31-2/h3-4,7-9,11,18H,5-6,10H2,1-2H3,(H,25,28,30). The van der Waals surface area contributed by atoms with Crippen LogP contribution in [0.1, 0.15) is 34.7 Å². The molecule has 0 spiro atoms. The molecule has 0 bridgehead atoms. The van der Waals surface area contributed by atoms with Gasteiger partial charge in [0.05, 0.1) is 24.4 Å². The van der Waals surface area contributed by atoms with Crippen molar-refractivity contribution in [2.75, 3.05) is 25.5 Å². The fraction of sp³-hybridized carbons (Fsp3) is 0.333. The molecule has 11 heteroatoms. The number of halogens is 3. The summed E-state index contributed by atoms with van der Waals surface area (Å²) in [6, 6.07) is 5.60. The number of rotatable bonds is 5. The van der Waals surface area contributed by atoms with Crippen molar-refractivity contribution in [1.82, 2.24) is 19.2 Å². The zero-order chi connectivity index (χ0) is 22.9. The first kappa shape index (κ1) is 22.0. The zero-order valence-corrected chi connectivity index (χ0v) is 18.1. The molecular weight excluding hydrogens is 443 g/mol. The van der Waals surface area contributed by atoms with Crippen molar-refractivity contribution in [3.8, 4) is 5.75 Å². The van der Waals surface area contributed by atoms with Crippen molar-refractivity contribution >= 4 is 23.3 Å². The Labute approximate surface area is 186 Å². The molecule has 3 aromatic rings. The van der Waals surface area contributed by atoms with Gasteiger partial charge in [-0.05, 0) is 48.1 Å². The number of amides is 2. The number of carbonyl (C=O) groups is 1. The topological polar surface area (TPSA) is 80.2 Å². The Kier molecular flexibility index (Phi) is 6.00. The van der Waals surface area contributed by atoms with Crippen molar-refractivity contribution in [3.63, 3.8) is 0 Å². The van der Waals surface area contributed by atoms with E-state index in [0.717, 1.165) is 12.3 Å². The molecule has 1 saturated heterocycles. The number of likely N-dealkylation sites (tertiary alicyclic amines) is 1. The number of urea groups is 1. The van der Waals surface area contributed by atoms with Crippen molar-refractivity contribution < 1.29 is 22.7 Å². The van der Waals surface area contributed by atoms with Gasteiger partial charge in [0.15, 0.2) is 5.75 Å². The summed E-state index contributed by atoms with van der Waals surface area (Å²) in [5, 5.41) is 3.31. The number of aryl methyl sites for hydroxylation is 1. The Morgan fingerprint density at radius 2 is 2.12 bits per heavy atom. The van der Waals surface area contributed by atoms with Gasteiger partial charge >= 0.3 is 6.03 Å². The van der Waals surface area contributed by atoms with Crippen LogP contribution in [0.25, 0.3) is 0 Å². The van der Waals surface area contributed by atoms with Gasteiger partial charge in [0.1, 0.15) is 22.8 Å².